The minimum absolute atomic E-state index is 0.232. The van der Waals surface area contributed by atoms with E-state index in [0.29, 0.717) is 22.9 Å². The molecular formula is C30H26N4O4. The molecule has 38 heavy (non-hydrogen) atoms. The van der Waals surface area contributed by atoms with Gasteiger partial charge >= 0.3 is 0 Å². The van der Waals surface area contributed by atoms with Crippen LogP contribution in [-0.4, -0.2) is 33.8 Å². The van der Waals surface area contributed by atoms with Crippen molar-refractivity contribution in [2.45, 2.75) is 20.0 Å². The second-order valence-electron chi connectivity index (χ2n) is 8.77. The number of methoxy groups -OCH3 is 2. The van der Waals surface area contributed by atoms with Gasteiger partial charge in [0.1, 0.15) is 35.9 Å². The molecule has 0 amide bonds. The number of aryl methyl sites for hydroxylation is 1. The lowest BCUT2D eigenvalue weighted by molar-refractivity contribution is 0.296. The summed E-state index contributed by atoms with van der Waals surface area (Å²) < 4.78 is 24.7. The van der Waals surface area contributed by atoms with Crippen LogP contribution in [0.3, 0.4) is 0 Å². The predicted molar refractivity (Wildman–Crippen MR) is 145 cm³/mol. The van der Waals surface area contributed by atoms with Crippen LogP contribution in [0.4, 0.5) is 0 Å². The maximum absolute atomic E-state index is 6.34. The second kappa shape index (κ2) is 9.89. The molecule has 0 fully saturated rings. The van der Waals surface area contributed by atoms with Crippen LogP contribution in [0.15, 0.2) is 83.5 Å². The molecule has 3 aromatic carbocycles. The molecule has 6 aromatic rings. The predicted octanol–water partition coefficient (Wildman–Crippen LogP) is 6.36. The van der Waals surface area contributed by atoms with Gasteiger partial charge in [0.05, 0.1) is 19.6 Å². The number of hydrogen-bond donors (Lipinski definition) is 0. The molecule has 0 aliphatic rings. The van der Waals surface area contributed by atoms with Gasteiger partial charge < -0.3 is 18.6 Å². The number of hydrogen-bond acceptors (Lipinski definition) is 7. The Bertz CT molecular complexity index is 1700. The quantitative estimate of drug-likeness (QED) is 0.237. The van der Waals surface area contributed by atoms with Crippen LogP contribution in [0.2, 0.25) is 0 Å². The van der Waals surface area contributed by atoms with E-state index in [-0.39, 0.29) is 6.61 Å². The van der Waals surface area contributed by atoms with Crippen molar-refractivity contribution in [3.63, 3.8) is 0 Å². The summed E-state index contributed by atoms with van der Waals surface area (Å²) in [6.07, 6.45) is 2.60. The molecule has 3 heterocycles. The van der Waals surface area contributed by atoms with E-state index in [0.717, 1.165) is 45.7 Å². The average molecular weight is 507 g/mol. The van der Waals surface area contributed by atoms with Gasteiger partial charge in [-0.25, -0.2) is 14.5 Å². The summed E-state index contributed by atoms with van der Waals surface area (Å²) in [6.45, 7) is 2.36. The summed E-state index contributed by atoms with van der Waals surface area (Å²) in [5.74, 6) is 3.54. The van der Waals surface area contributed by atoms with Crippen molar-refractivity contribution in [2.75, 3.05) is 14.2 Å². The first-order valence-electron chi connectivity index (χ1n) is 12.3. The van der Waals surface area contributed by atoms with Crippen LogP contribution in [0.1, 0.15) is 18.3 Å². The molecule has 190 valence electrons. The topological polar surface area (TPSA) is 83.9 Å². The molecule has 8 heteroatoms. The van der Waals surface area contributed by atoms with Gasteiger partial charge in [0.2, 0.25) is 5.71 Å². The molecule has 0 spiro atoms. The molecule has 0 N–H and O–H groups in total. The van der Waals surface area contributed by atoms with Gasteiger partial charge in [-0.1, -0.05) is 31.2 Å². The molecule has 0 radical (unpaired) electrons. The van der Waals surface area contributed by atoms with Crippen molar-refractivity contribution >= 4 is 16.7 Å². The Morgan fingerprint density at radius 2 is 1.42 bits per heavy atom. The first kappa shape index (κ1) is 23.5. The zero-order chi connectivity index (χ0) is 26.1. The van der Waals surface area contributed by atoms with Crippen LogP contribution in [-0.2, 0) is 13.0 Å². The first-order valence-corrected chi connectivity index (χ1v) is 12.3. The van der Waals surface area contributed by atoms with Crippen LogP contribution in [0.5, 0.6) is 17.2 Å². The van der Waals surface area contributed by atoms with Gasteiger partial charge in [-0.2, -0.15) is 0 Å². The highest BCUT2D eigenvalue weighted by Crippen LogP contribution is 2.42. The van der Waals surface area contributed by atoms with E-state index < -0.39 is 0 Å². The zero-order valence-corrected chi connectivity index (χ0v) is 21.3. The SMILES string of the molecule is CCc1ccc(OCc2nc3c4c(-c5ccc(OC)cc5)c(-c5ccc(OC)cc5)oc4ncn3n2)cc1. The van der Waals surface area contributed by atoms with Crippen molar-refractivity contribution in [1.82, 2.24) is 19.6 Å². The van der Waals surface area contributed by atoms with E-state index in [1.54, 1.807) is 25.1 Å². The fourth-order valence-corrected chi connectivity index (χ4v) is 4.45. The number of nitrogens with zero attached hydrogens (tertiary/aromatic N) is 4. The molecule has 0 aliphatic heterocycles. The third kappa shape index (κ3) is 4.30. The lowest BCUT2D eigenvalue weighted by Gasteiger charge is -2.06. The van der Waals surface area contributed by atoms with Gasteiger partial charge in [-0.05, 0) is 66.1 Å². The Balaban J connectivity index is 1.46. The molecule has 0 saturated heterocycles. The van der Waals surface area contributed by atoms with Gasteiger partial charge in [0, 0.05) is 11.1 Å². The van der Waals surface area contributed by atoms with Crippen molar-refractivity contribution in [3.8, 4) is 39.7 Å². The fraction of sp³-hybridized carbons (Fsp3) is 0.167. The first-order chi connectivity index (χ1) is 18.7. The third-order valence-corrected chi connectivity index (χ3v) is 6.50. The van der Waals surface area contributed by atoms with Crippen molar-refractivity contribution in [3.05, 3.63) is 90.5 Å². The lowest BCUT2D eigenvalue weighted by atomic mass is 9.99. The van der Waals surface area contributed by atoms with Crippen LogP contribution >= 0.6 is 0 Å². The van der Waals surface area contributed by atoms with E-state index in [4.69, 9.17) is 23.6 Å². The third-order valence-electron chi connectivity index (χ3n) is 6.50. The van der Waals surface area contributed by atoms with E-state index in [1.165, 1.54) is 5.56 Å². The summed E-state index contributed by atoms with van der Waals surface area (Å²) in [4.78, 5) is 9.39. The number of ether oxygens (including phenoxy) is 3. The Morgan fingerprint density at radius 1 is 0.789 bits per heavy atom. The molecule has 0 aliphatic carbocycles. The Morgan fingerprint density at radius 3 is 2.05 bits per heavy atom. The Labute approximate surface area is 219 Å². The second-order valence-corrected chi connectivity index (χ2v) is 8.77. The van der Waals surface area contributed by atoms with Gasteiger partial charge in [0.15, 0.2) is 11.5 Å². The smallest absolute Gasteiger partial charge is 0.232 e. The maximum Gasteiger partial charge on any atom is 0.232 e. The zero-order valence-electron chi connectivity index (χ0n) is 21.3. The summed E-state index contributed by atoms with van der Waals surface area (Å²) in [7, 11) is 3.29. The molecule has 0 bridgehead atoms. The van der Waals surface area contributed by atoms with Crippen LogP contribution in [0, 0.1) is 0 Å². The fourth-order valence-electron chi connectivity index (χ4n) is 4.45. The minimum atomic E-state index is 0.232. The van der Waals surface area contributed by atoms with Crippen LogP contribution < -0.4 is 14.2 Å². The Hall–Kier alpha value is -4.85. The summed E-state index contributed by atoms with van der Waals surface area (Å²) in [5, 5.41) is 5.39. The summed E-state index contributed by atoms with van der Waals surface area (Å²) in [6, 6.07) is 23.6. The number of benzene rings is 3. The van der Waals surface area contributed by atoms with Gasteiger partial charge in [-0.15, -0.1) is 5.10 Å². The molecule has 0 unspecified atom stereocenters. The molecular weight excluding hydrogens is 480 g/mol. The summed E-state index contributed by atoms with van der Waals surface area (Å²) in [5.41, 5.74) is 5.10. The molecule has 6 rings (SSSR count). The highest BCUT2D eigenvalue weighted by Gasteiger charge is 2.23. The maximum atomic E-state index is 6.34. The van der Waals surface area contributed by atoms with Crippen molar-refractivity contribution in [2.24, 2.45) is 0 Å². The molecule has 8 nitrogen and oxygen atoms in total. The highest BCUT2D eigenvalue weighted by molar-refractivity contribution is 6.07. The van der Waals surface area contributed by atoms with E-state index in [9.17, 15) is 0 Å². The van der Waals surface area contributed by atoms with Crippen LogP contribution in [0.25, 0.3) is 39.2 Å². The van der Waals surface area contributed by atoms with Crippen molar-refractivity contribution in [1.29, 1.82) is 0 Å². The lowest BCUT2D eigenvalue weighted by Crippen LogP contribution is -1.98. The van der Waals surface area contributed by atoms with Crippen molar-refractivity contribution < 1.29 is 18.6 Å². The number of aromatic nitrogens is 4. The van der Waals surface area contributed by atoms with E-state index in [1.807, 2.05) is 60.7 Å². The largest absolute Gasteiger partial charge is 0.497 e. The number of furan rings is 1. The molecule has 0 saturated carbocycles. The minimum Gasteiger partial charge on any atom is -0.497 e. The van der Waals surface area contributed by atoms with Gasteiger partial charge in [0.25, 0.3) is 0 Å². The number of rotatable bonds is 8. The molecule has 3 aromatic heterocycles. The van der Waals surface area contributed by atoms with Gasteiger partial charge in [-0.3, -0.25) is 0 Å². The summed E-state index contributed by atoms with van der Waals surface area (Å²) >= 11 is 0. The average Bonchev–Trinajstić information content (AvgIpc) is 3.58. The van der Waals surface area contributed by atoms with E-state index in [2.05, 4.69) is 29.1 Å². The molecule has 0 atom stereocenters. The van der Waals surface area contributed by atoms with E-state index >= 15 is 0 Å². The standard InChI is InChI=1S/C30H26N4O4/c1-4-19-5-11-24(12-6-19)37-17-25-32-29-27-26(20-7-13-22(35-2)14-8-20)28(21-9-15-23(36-3)16-10-21)38-30(27)31-18-34(29)33-25/h5-16,18H,4,17H2,1-3H3. The normalized spacial score (nSPS) is 11.2. The highest BCUT2D eigenvalue weighted by atomic mass is 16.5. The number of fused-ring (bicyclic) bond motifs is 3. The monoisotopic (exact) mass is 506 g/mol. The Kier molecular flexibility index (Phi) is 6.13.